The Morgan fingerprint density at radius 2 is 1.77 bits per heavy atom. The van der Waals surface area contributed by atoms with Crippen molar-refractivity contribution in [1.29, 1.82) is 0 Å². The van der Waals surface area contributed by atoms with E-state index in [4.69, 9.17) is 0 Å². The van der Waals surface area contributed by atoms with Gasteiger partial charge in [-0.1, -0.05) is 12.1 Å². The van der Waals surface area contributed by atoms with Crippen molar-refractivity contribution in [2.24, 2.45) is 0 Å². The average Bonchev–Trinajstić information content (AvgIpc) is 3.13. The molecule has 0 unspecified atom stereocenters. The molecule has 4 rings (SSSR count). The van der Waals surface area contributed by atoms with Crippen LogP contribution in [0, 0.1) is 0 Å². The molecule has 1 amide bonds. The van der Waals surface area contributed by atoms with E-state index in [2.05, 4.69) is 17.4 Å². The fourth-order valence-electron chi connectivity index (χ4n) is 4.54. The molecule has 1 aromatic rings. The highest BCUT2D eigenvalue weighted by Gasteiger charge is 2.27. The third-order valence-corrected chi connectivity index (χ3v) is 5.74. The molecule has 1 aliphatic heterocycles. The van der Waals surface area contributed by atoms with Crippen LogP contribution in [0.2, 0.25) is 0 Å². The van der Waals surface area contributed by atoms with Gasteiger partial charge in [0.15, 0.2) is 6.54 Å². The maximum atomic E-state index is 12.4. The van der Waals surface area contributed by atoms with Gasteiger partial charge in [-0.2, -0.15) is 0 Å². The SMILES string of the molecule is O=C(C[NH+]1CCCCC1)N[C@H]1CCc2cc3c(cc21)CCC3. The first-order valence-electron chi connectivity index (χ1n) is 9.07. The number of aryl methyl sites for hydroxylation is 3. The number of likely N-dealkylation sites (tertiary alicyclic amines) is 1. The molecule has 1 heterocycles. The van der Waals surface area contributed by atoms with Crippen molar-refractivity contribution < 1.29 is 9.69 Å². The van der Waals surface area contributed by atoms with Gasteiger partial charge in [0.05, 0.1) is 19.1 Å². The van der Waals surface area contributed by atoms with E-state index >= 15 is 0 Å². The summed E-state index contributed by atoms with van der Waals surface area (Å²) in [5.41, 5.74) is 5.98. The van der Waals surface area contributed by atoms with Gasteiger partial charge in [0.25, 0.3) is 5.91 Å². The largest absolute Gasteiger partial charge is 0.344 e. The fraction of sp³-hybridized carbons (Fsp3) is 0.632. The molecular weight excluding hydrogens is 272 g/mol. The summed E-state index contributed by atoms with van der Waals surface area (Å²) >= 11 is 0. The minimum absolute atomic E-state index is 0.246. The van der Waals surface area contributed by atoms with Crippen LogP contribution in [-0.2, 0) is 24.1 Å². The number of piperidine rings is 1. The maximum absolute atomic E-state index is 12.4. The topological polar surface area (TPSA) is 33.5 Å². The van der Waals surface area contributed by atoms with E-state index < -0.39 is 0 Å². The first-order valence-corrected chi connectivity index (χ1v) is 9.07. The summed E-state index contributed by atoms with van der Waals surface area (Å²) in [6.45, 7) is 3.00. The molecule has 1 fully saturated rings. The second kappa shape index (κ2) is 6.04. The van der Waals surface area contributed by atoms with Crippen LogP contribution < -0.4 is 10.2 Å². The Kier molecular flexibility index (Phi) is 3.91. The number of fused-ring (bicyclic) bond motifs is 2. The van der Waals surface area contributed by atoms with Crippen LogP contribution in [0.3, 0.4) is 0 Å². The lowest BCUT2D eigenvalue weighted by Gasteiger charge is -2.24. The summed E-state index contributed by atoms with van der Waals surface area (Å²) in [7, 11) is 0. The van der Waals surface area contributed by atoms with Crippen molar-refractivity contribution >= 4 is 5.91 Å². The van der Waals surface area contributed by atoms with E-state index in [9.17, 15) is 4.79 Å². The van der Waals surface area contributed by atoms with Gasteiger partial charge in [-0.15, -0.1) is 0 Å². The molecule has 118 valence electrons. The van der Waals surface area contributed by atoms with Crippen molar-refractivity contribution in [2.75, 3.05) is 19.6 Å². The fourth-order valence-corrected chi connectivity index (χ4v) is 4.54. The van der Waals surface area contributed by atoms with Crippen LogP contribution in [0.4, 0.5) is 0 Å². The quantitative estimate of drug-likeness (QED) is 0.868. The summed E-state index contributed by atoms with van der Waals surface area (Å²) in [5.74, 6) is 0.246. The molecule has 0 spiro atoms. The van der Waals surface area contributed by atoms with Crippen LogP contribution >= 0.6 is 0 Å². The molecule has 2 N–H and O–H groups in total. The molecule has 1 atom stereocenters. The molecule has 0 radical (unpaired) electrons. The molecule has 22 heavy (non-hydrogen) atoms. The summed E-state index contributed by atoms with van der Waals surface area (Å²) in [5, 5.41) is 3.31. The van der Waals surface area contributed by atoms with Crippen molar-refractivity contribution in [2.45, 2.75) is 57.4 Å². The van der Waals surface area contributed by atoms with E-state index in [1.807, 2.05) is 0 Å². The summed E-state index contributed by atoms with van der Waals surface area (Å²) in [6.07, 6.45) is 9.88. The van der Waals surface area contributed by atoms with Gasteiger partial charge < -0.3 is 10.2 Å². The number of hydrogen-bond acceptors (Lipinski definition) is 1. The lowest BCUT2D eigenvalue weighted by molar-refractivity contribution is -0.896. The number of quaternary nitrogens is 1. The van der Waals surface area contributed by atoms with Gasteiger partial charge in [0.2, 0.25) is 0 Å². The first kappa shape index (κ1) is 14.3. The van der Waals surface area contributed by atoms with E-state index in [-0.39, 0.29) is 11.9 Å². The number of nitrogens with one attached hydrogen (secondary N) is 2. The summed E-state index contributed by atoms with van der Waals surface area (Å²) in [6, 6.07) is 5.07. The molecule has 0 aromatic heterocycles. The molecule has 3 aliphatic rings. The van der Waals surface area contributed by atoms with Gasteiger partial charge in [-0.05, 0) is 73.6 Å². The predicted octanol–water partition coefficient (Wildman–Crippen LogP) is 1.35. The normalized spacial score (nSPS) is 24.1. The maximum Gasteiger partial charge on any atom is 0.275 e. The minimum atomic E-state index is 0.246. The molecule has 1 saturated heterocycles. The smallest absolute Gasteiger partial charge is 0.275 e. The Morgan fingerprint density at radius 3 is 2.59 bits per heavy atom. The molecular formula is C19H27N2O+. The van der Waals surface area contributed by atoms with Crippen LogP contribution in [0.25, 0.3) is 0 Å². The Balaban J connectivity index is 1.41. The lowest BCUT2D eigenvalue weighted by atomic mass is 10.0. The molecule has 0 bridgehead atoms. The Morgan fingerprint density at radius 1 is 1.00 bits per heavy atom. The van der Waals surface area contributed by atoms with Crippen LogP contribution in [0.15, 0.2) is 12.1 Å². The van der Waals surface area contributed by atoms with Gasteiger partial charge in [-0.3, -0.25) is 4.79 Å². The van der Waals surface area contributed by atoms with Crippen molar-refractivity contribution in [1.82, 2.24) is 5.32 Å². The monoisotopic (exact) mass is 299 g/mol. The number of hydrogen-bond donors (Lipinski definition) is 2. The Bertz CT molecular complexity index is 575. The first-order chi connectivity index (χ1) is 10.8. The summed E-state index contributed by atoms with van der Waals surface area (Å²) < 4.78 is 0. The Labute approximate surface area is 133 Å². The van der Waals surface area contributed by atoms with E-state index in [0.29, 0.717) is 6.54 Å². The highest BCUT2D eigenvalue weighted by molar-refractivity contribution is 5.77. The zero-order valence-corrected chi connectivity index (χ0v) is 13.4. The predicted molar refractivity (Wildman–Crippen MR) is 87.1 cm³/mol. The number of benzene rings is 1. The van der Waals surface area contributed by atoms with Gasteiger partial charge in [0, 0.05) is 0 Å². The van der Waals surface area contributed by atoms with Gasteiger partial charge in [0.1, 0.15) is 0 Å². The second-order valence-corrected chi connectivity index (χ2v) is 7.32. The van der Waals surface area contributed by atoms with Crippen LogP contribution in [0.5, 0.6) is 0 Å². The average molecular weight is 299 g/mol. The standard InChI is InChI=1S/C19H26N2O/c22-19(13-21-9-2-1-3-10-21)20-18-8-7-16-11-14-5-4-6-15(14)12-17(16)18/h11-12,18H,1-10,13H2,(H,20,22)/p+1/t18-/m0/s1. The number of carbonyl (C=O) groups excluding carboxylic acids is 1. The van der Waals surface area contributed by atoms with Gasteiger partial charge in [-0.25, -0.2) is 0 Å². The summed E-state index contributed by atoms with van der Waals surface area (Å²) in [4.78, 5) is 13.8. The van der Waals surface area contributed by atoms with E-state index in [1.54, 1.807) is 5.56 Å². The molecule has 1 aromatic carbocycles. The van der Waals surface area contributed by atoms with Crippen molar-refractivity contribution in [3.63, 3.8) is 0 Å². The highest BCUT2D eigenvalue weighted by atomic mass is 16.2. The third-order valence-electron chi connectivity index (χ3n) is 5.74. The van der Waals surface area contributed by atoms with Gasteiger partial charge >= 0.3 is 0 Å². The number of rotatable bonds is 3. The zero-order valence-electron chi connectivity index (χ0n) is 13.4. The zero-order chi connectivity index (χ0) is 14.9. The van der Waals surface area contributed by atoms with Crippen LogP contribution in [-0.4, -0.2) is 25.5 Å². The van der Waals surface area contributed by atoms with E-state index in [1.165, 1.54) is 73.2 Å². The second-order valence-electron chi connectivity index (χ2n) is 7.32. The highest BCUT2D eigenvalue weighted by Crippen LogP contribution is 2.35. The molecule has 0 saturated carbocycles. The molecule has 3 heteroatoms. The van der Waals surface area contributed by atoms with Crippen molar-refractivity contribution in [3.05, 3.63) is 34.4 Å². The molecule has 3 nitrogen and oxygen atoms in total. The van der Waals surface area contributed by atoms with Crippen molar-refractivity contribution in [3.8, 4) is 0 Å². The lowest BCUT2D eigenvalue weighted by Crippen LogP contribution is -3.13. The third kappa shape index (κ3) is 2.79. The minimum Gasteiger partial charge on any atom is -0.344 e. The number of carbonyl (C=O) groups is 1. The van der Waals surface area contributed by atoms with Crippen LogP contribution in [0.1, 0.15) is 60.4 Å². The van der Waals surface area contributed by atoms with E-state index in [0.717, 1.165) is 12.8 Å². The Hall–Kier alpha value is -1.35. The molecule has 2 aliphatic carbocycles. The number of amides is 1.